The molecule has 1 heterocycles. The van der Waals surface area contributed by atoms with E-state index in [4.69, 9.17) is 25.7 Å². The first-order valence-corrected chi connectivity index (χ1v) is 6.24. The van der Waals surface area contributed by atoms with Crippen molar-refractivity contribution in [1.82, 2.24) is 9.97 Å². The molecular formula is C14H19BrN4O3. The molecule has 22 heavy (non-hydrogen) atoms. The molecule has 8 heteroatoms. The van der Waals surface area contributed by atoms with Crippen molar-refractivity contribution in [2.45, 2.75) is 6.42 Å². The molecule has 0 aliphatic carbocycles. The van der Waals surface area contributed by atoms with Crippen LogP contribution in [-0.2, 0) is 6.42 Å². The number of hydrogen-bond donors (Lipinski definition) is 2. The Morgan fingerprint density at radius 2 is 1.59 bits per heavy atom. The summed E-state index contributed by atoms with van der Waals surface area (Å²) >= 11 is 0. The zero-order valence-electron chi connectivity index (χ0n) is 12.6. The van der Waals surface area contributed by atoms with Crippen molar-refractivity contribution >= 4 is 28.7 Å². The van der Waals surface area contributed by atoms with Gasteiger partial charge in [-0.3, -0.25) is 0 Å². The number of nitrogen functional groups attached to an aromatic ring is 2. The van der Waals surface area contributed by atoms with E-state index in [9.17, 15) is 0 Å². The lowest BCUT2D eigenvalue weighted by atomic mass is 10.1. The van der Waals surface area contributed by atoms with Crippen LogP contribution in [0.1, 0.15) is 11.1 Å². The molecule has 120 valence electrons. The Kier molecular flexibility index (Phi) is 6.24. The topological polar surface area (TPSA) is 106 Å². The van der Waals surface area contributed by atoms with E-state index in [0.29, 0.717) is 29.5 Å². The third kappa shape index (κ3) is 3.70. The molecule has 0 saturated carbocycles. The number of methoxy groups -OCH3 is 3. The maximum Gasteiger partial charge on any atom is 0.221 e. The third-order valence-corrected chi connectivity index (χ3v) is 3.04. The molecule has 1 aromatic heterocycles. The Morgan fingerprint density at radius 3 is 2.05 bits per heavy atom. The summed E-state index contributed by atoms with van der Waals surface area (Å²) in [6, 6.07) is 3.72. The van der Waals surface area contributed by atoms with Gasteiger partial charge in [-0.15, -0.1) is 17.0 Å². The van der Waals surface area contributed by atoms with Crippen molar-refractivity contribution in [3.05, 3.63) is 29.5 Å². The van der Waals surface area contributed by atoms with Crippen LogP contribution in [0.25, 0.3) is 0 Å². The Hall–Kier alpha value is -2.22. The van der Waals surface area contributed by atoms with Crippen LogP contribution in [0, 0.1) is 0 Å². The standard InChI is InChI=1S/C14H18N4O3.BrH/c1-19-10-5-8(6-11(20-2)12(10)21-3)4-9-7-17-14(16)18-13(9)15;/h5-7H,4H2,1-3H3,(H4,15,16,17,18);1H. The zero-order valence-corrected chi connectivity index (χ0v) is 14.3. The molecule has 0 aliphatic heterocycles. The number of nitrogens with zero attached hydrogens (tertiary/aromatic N) is 2. The third-order valence-electron chi connectivity index (χ3n) is 3.04. The lowest BCUT2D eigenvalue weighted by Crippen LogP contribution is -2.04. The van der Waals surface area contributed by atoms with E-state index in [0.717, 1.165) is 11.1 Å². The number of ether oxygens (including phenoxy) is 3. The lowest BCUT2D eigenvalue weighted by molar-refractivity contribution is 0.324. The molecule has 0 radical (unpaired) electrons. The summed E-state index contributed by atoms with van der Waals surface area (Å²) in [5.74, 6) is 2.23. The molecule has 7 nitrogen and oxygen atoms in total. The predicted octanol–water partition coefficient (Wildman–Crippen LogP) is 1.84. The van der Waals surface area contributed by atoms with E-state index in [1.165, 1.54) is 0 Å². The molecular weight excluding hydrogens is 352 g/mol. The minimum absolute atomic E-state index is 0. The van der Waals surface area contributed by atoms with Crippen molar-refractivity contribution in [3.63, 3.8) is 0 Å². The van der Waals surface area contributed by atoms with Crippen molar-refractivity contribution in [2.75, 3.05) is 32.8 Å². The van der Waals surface area contributed by atoms with E-state index in [-0.39, 0.29) is 22.9 Å². The molecule has 0 unspecified atom stereocenters. The predicted molar refractivity (Wildman–Crippen MR) is 90.1 cm³/mol. The molecule has 0 spiro atoms. The highest BCUT2D eigenvalue weighted by Gasteiger charge is 2.14. The second-order valence-electron chi connectivity index (χ2n) is 4.35. The summed E-state index contributed by atoms with van der Waals surface area (Å²) in [5, 5.41) is 0. The fraction of sp³-hybridized carbons (Fsp3) is 0.286. The van der Waals surface area contributed by atoms with Gasteiger partial charge < -0.3 is 25.7 Å². The first-order chi connectivity index (χ1) is 10.1. The van der Waals surface area contributed by atoms with Crippen LogP contribution in [0.4, 0.5) is 11.8 Å². The Bertz CT molecular complexity index is 627. The smallest absolute Gasteiger partial charge is 0.221 e. The normalized spacial score (nSPS) is 9.77. The number of rotatable bonds is 5. The van der Waals surface area contributed by atoms with Crippen LogP contribution in [0.15, 0.2) is 18.3 Å². The van der Waals surface area contributed by atoms with Crippen molar-refractivity contribution in [2.24, 2.45) is 0 Å². The van der Waals surface area contributed by atoms with Crippen molar-refractivity contribution < 1.29 is 14.2 Å². The van der Waals surface area contributed by atoms with Crippen molar-refractivity contribution in [1.29, 1.82) is 0 Å². The monoisotopic (exact) mass is 370 g/mol. The van der Waals surface area contributed by atoms with Crippen LogP contribution in [0.3, 0.4) is 0 Å². The van der Waals surface area contributed by atoms with Gasteiger partial charge in [0.05, 0.1) is 21.3 Å². The molecule has 0 aliphatic rings. The van der Waals surface area contributed by atoms with E-state index in [2.05, 4.69) is 9.97 Å². The number of anilines is 2. The molecule has 2 aromatic rings. The average molecular weight is 371 g/mol. The molecule has 4 N–H and O–H groups in total. The molecule has 0 fully saturated rings. The van der Waals surface area contributed by atoms with Crippen LogP contribution < -0.4 is 25.7 Å². The quantitative estimate of drug-likeness (QED) is 0.826. The summed E-state index contributed by atoms with van der Waals surface area (Å²) in [5.41, 5.74) is 13.1. The van der Waals surface area contributed by atoms with Gasteiger partial charge in [0.2, 0.25) is 11.7 Å². The molecule has 2 rings (SSSR count). The highest BCUT2D eigenvalue weighted by atomic mass is 79.9. The van der Waals surface area contributed by atoms with Crippen LogP contribution in [0.5, 0.6) is 17.2 Å². The minimum atomic E-state index is 0. The summed E-state index contributed by atoms with van der Waals surface area (Å²) < 4.78 is 15.9. The van der Waals surface area contributed by atoms with Gasteiger partial charge in [-0.1, -0.05) is 0 Å². The SMILES string of the molecule is Br.COc1cc(Cc2cnc(N)nc2N)cc(OC)c1OC. The highest BCUT2D eigenvalue weighted by molar-refractivity contribution is 8.93. The van der Waals surface area contributed by atoms with E-state index in [1.54, 1.807) is 27.5 Å². The zero-order chi connectivity index (χ0) is 15.4. The summed E-state index contributed by atoms with van der Waals surface area (Å²) in [7, 11) is 4.70. The van der Waals surface area contributed by atoms with Crippen LogP contribution >= 0.6 is 17.0 Å². The summed E-state index contributed by atoms with van der Waals surface area (Å²) in [4.78, 5) is 7.90. The maximum atomic E-state index is 5.85. The van der Waals surface area contributed by atoms with E-state index in [1.807, 2.05) is 12.1 Å². The average Bonchev–Trinajstić information content (AvgIpc) is 2.49. The number of benzene rings is 1. The van der Waals surface area contributed by atoms with Crippen LogP contribution in [0.2, 0.25) is 0 Å². The van der Waals surface area contributed by atoms with Gasteiger partial charge in [-0.05, 0) is 17.7 Å². The van der Waals surface area contributed by atoms with Gasteiger partial charge in [0.25, 0.3) is 0 Å². The van der Waals surface area contributed by atoms with Gasteiger partial charge in [0.1, 0.15) is 5.82 Å². The molecule has 0 atom stereocenters. The number of nitrogens with two attached hydrogens (primary N) is 2. The van der Waals surface area contributed by atoms with Gasteiger partial charge in [-0.2, -0.15) is 4.98 Å². The Labute approximate surface area is 139 Å². The van der Waals surface area contributed by atoms with Gasteiger partial charge in [0, 0.05) is 18.2 Å². The van der Waals surface area contributed by atoms with E-state index >= 15 is 0 Å². The minimum Gasteiger partial charge on any atom is -0.493 e. The Morgan fingerprint density at radius 1 is 1.00 bits per heavy atom. The second kappa shape index (κ2) is 7.69. The van der Waals surface area contributed by atoms with Gasteiger partial charge in [-0.25, -0.2) is 4.98 Å². The Balaban J connectivity index is 0.00000242. The van der Waals surface area contributed by atoms with E-state index < -0.39 is 0 Å². The van der Waals surface area contributed by atoms with Crippen molar-refractivity contribution in [3.8, 4) is 17.2 Å². The van der Waals surface area contributed by atoms with Gasteiger partial charge in [0.15, 0.2) is 11.5 Å². The molecule has 0 saturated heterocycles. The molecule has 0 bridgehead atoms. The van der Waals surface area contributed by atoms with Gasteiger partial charge >= 0.3 is 0 Å². The molecule has 0 amide bonds. The largest absolute Gasteiger partial charge is 0.493 e. The first-order valence-electron chi connectivity index (χ1n) is 6.24. The number of hydrogen-bond acceptors (Lipinski definition) is 7. The first kappa shape index (κ1) is 17.8. The number of halogens is 1. The fourth-order valence-electron chi connectivity index (χ4n) is 2.03. The molecule has 1 aromatic carbocycles. The summed E-state index contributed by atoms with van der Waals surface area (Å²) in [6.07, 6.45) is 2.14. The lowest BCUT2D eigenvalue weighted by Gasteiger charge is -2.14. The maximum absolute atomic E-state index is 5.85. The second-order valence-corrected chi connectivity index (χ2v) is 4.35. The van der Waals surface area contributed by atoms with Crippen LogP contribution in [-0.4, -0.2) is 31.3 Å². The number of aromatic nitrogens is 2. The summed E-state index contributed by atoms with van der Waals surface area (Å²) in [6.45, 7) is 0. The highest BCUT2D eigenvalue weighted by Crippen LogP contribution is 2.38. The fourth-order valence-corrected chi connectivity index (χ4v) is 2.03.